The number of rotatable bonds is 32. The van der Waals surface area contributed by atoms with Crippen LogP contribution in [0.3, 0.4) is 0 Å². The molecule has 1 aliphatic heterocycles. The van der Waals surface area contributed by atoms with Crippen LogP contribution in [0, 0.1) is 0 Å². The molecule has 0 bridgehead atoms. The van der Waals surface area contributed by atoms with Crippen molar-refractivity contribution >= 4 is 5.91 Å². The zero-order valence-corrected chi connectivity index (χ0v) is 31.2. The van der Waals surface area contributed by atoms with Gasteiger partial charge in [-0.3, -0.25) is 4.79 Å². The van der Waals surface area contributed by atoms with E-state index in [2.05, 4.69) is 31.3 Å². The van der Waals surface area contributed by atoms with Crippen molar-refractivity contribution in [2.75, 3.05) is 13.2 Å². The maximum Gasteiger partial charge on any atom is 0.220 e. The number of hydrogen-bond acceptors (Lipinski definition) is 8. The Kier molecular flexibility index (Phi) is 29.3. The lowest BCUT2D eigenvalue weighted by Gasteiger charge is -2.40. The van der Waals surface area contributed by atoms with E-state index >= 15 is 0 Å². The van der Waals surface area contributed by atoms with E-state index in [1.165, 1.54) is 109 Å². The van der Waals surface area contributed by atoms with Crippen LogP contribution in [-0.2, 0) is 14.3 Å². The molecule has 7 unspecified atom stereocenters. The van der Waals surface area contributed by atoms with E-state index in [0.29, 0.717) is 6.42 Å². The smallest absolute Gasteiger partial charge is 0.220 e. The van der Waals surface area contributed by atoms with E-state index < -0.39 is 49.5 Å². The molecule has 9 nitrogen and oxygen atoms in total. The van der Waals surface area contributed by atoms with Gasteiger partial charge in [-0.2, -0.15) is 0 Å². The van der Waals surface area contributed by atoms with Gasteiger partial charge in [0.15, 0.2) is 6.29 Å². The number of carbonyl (C=O) groups is 1. The second-order valence-corrected chi connectivity index (χ2v) is 14.1. The minimum Gasteiger partial charge on any atom is -0.394 e. The van der Waals surface area contributed by atoms with Gasteiger partial charge >= 0.3 is 0 Å². The van der Waals surface area contributed by atoms with Crippen LogP contribution in [0.5, 0.6) is 0 Å². The molecule has 7 atom stereocenters. The Morgan fingerprint density at radius 1 is 0.673 bits per heavy atom. The molecule has 0 aromatic heterocycles. The molecule has 1 aliphatic rings. The van der Waals surface area contributed by atoms with E-state index in [9.17, 15) is 30.3 Å². The Balaban J connectivity index is 2.47. The third-order valence-corrected chi connectivity index (χ3v) is 9.53. The van der Waals surface area contributed by atoms with Crippen molar-refractivity contribution in [1.82, 2.24) is 5.32 Å². The van der Waals surface area contributed by atoms with Gasteiger partial charge in [0.25, 0.3) is 0 Å². The first-order chi connectivity index (χ1) is 23.8. The van der Waals surface area contributed by atoms with Crippen molar-refractivity contribution in [3.63, 3.8) is 0 Å². The fourth-order valence-electron chi connectivity index (χ4n) is 6.23. The summed E-state index contributed by atoms with van der Waals surface area (Å²) < 4.78 is 11.1. The van der Waals surface area contributed by atoms with Gasteiger partial charge in [0.2, 0.25) is 5.91 Å². The van der Waals surface area contributed by atoms with Crippen molar-refractivity contribution in [3.8, 4) is 0 Å². The molecule has 1 saturated heterocycles. The Hall–Kier alpha value is -1.33. The summed E-state index contributed by atoms with van der Waals surface area (Å²) >= 11 is 0. The molecule has 6 N–H and O–H groups in total. The van der Waals surface area contributed by atoms with Gasteiger partial charge in [-0.05, 0) is 32.1 Å². The van der Waals surface area contributed by atoms with Crippen LogP contribution < -0.4 is 5.32 Å². The molecular formula is C40H75NO8. The van der Waals surface area contributed by atoms with Crippen LogP contribution >= 0.6 is 0 Å². The first kappa shape index (κ1) is 45.7. The van der Waals surface area contributed by atoms with Gasteiger partial charge in [0.1, 0.15) is 24.4 Å². The van der Waals surface area contributed by atoms with E-state index in [1.54, 1.807) is 6.08 Å². The number of carbonyl (C=O) groups excluding carboxylic acids is 1. The zero-order valence-electron chi connectivity index (χ0n) is 31.2. The highest BCUT2D eigenvalue weighted by molar-refractivity contribution is 5.76. The van der Waals surface area contributed by atoms with Crippen molar-refractivity contribution in [2.24, 2.45) is 0 Å². The highest BCUT2D eigenvalue weighted by Gasteiger charge is 2.44. The lowest BCUT2D eigenvalue weighted by atomic mass is 9.99. The summed E-state index contributed by atoms with van der Waals surface area (Å²) in [5.74, 6) is -0.190. The Morgan fingerprint density at radius 2 is 1.16 bits per heavy atom. The van der Waals surface area contributed by atoms with Crippen molar-refractivity contribution in [2.45, 2.75) is 211 Å². The van der Waals surface area contributed by atoms with Gasteiger partial charge < -0.3 is 40.3 Å². The predicted molar refractivity (Wildman–Crippen MR) is 198 cm³/mol. The van der Waals surface area contributed by atoms with Gasteiger partial charge in [0.05, 0.1) is 25.4 Å². The molecule has 0 saturated carbocycles. The first-order valence-corrected chi connectivity index (χ1v) is 20.1. The number of ether oxygens (including phenoxy) is 2. The van der Waals surface area contributed by atoms with Gasteiger partial charge in [-0.25, -0.2) is 0 Å². The summed E-state index contributed by atoms with van der Waals surface area (Å²) in [4.78, 5) is 12.8. The summed E-state index contributed by atoms with van der Waals surface area (Å²) in [6, 6.07) is -0.814. The Morgan fingerprint density at radius 3 is 1.71 bits per heavy atom. The van der Waals surface area contributed by atoms with Crippen LogP contribution in [0.25, 0.3) is 0 Å². The average Bonchev–Trinajstić information content (AvgIpc) is 3.10. The molecule has 0 spiro atoms. The first-order valence-electron chi connectivity index (χ1n) is 20.1. The third kappa shape index (κ3) is 23.0. The summed E-state index contributed by atoms with van der Waals surface area (Å²) in [7, 11) is 0. The minimum absolute atomic E-state index is 0.190. The number of amides is 1. The van der Waals surface area contributed by atoms with Gasteiger partial charge in [-0.1, -0.05) is 154 Å². The maximum atomic E-state index is 12.8. The molecule has 1 fully saturated rings. The molecule has 0 radical (unpaired) electrons. The number of unbranched alkanes of at least 4 members (excludes halogenated alkanes) is 20. The molecule has 1 amide bonds. The van der Waals surface area contributed by atoms with E-state index in [-0.39, 0.29) is 12.5 Å². The molecule has 1 rings (SSSR count). The highest BCUT2D eigenvalue weighted by Crippen LogP contribution is 2.22. The van der Waals surface area contributed by atoms with Gasteiger partial charge in [-0.15, -0.1) is 0 Å². The number of aliphatic hydroxyl groups is 5. The summed E-state index contributed by atoms with van der Waals surface area (Å²) in [6.07, 6.45) is 27.9. The van der Waals surface area contributed by atoms with Crippen LogP contribution in [-0.4, -0.2) is 87.5 Å². The fourth-order valence-corrected chi connectivity index (χ4v) is 6.23. The summed E-state index contributed by atoms with van der Waals surface area (Å²) in [6.45, 7) is 3.72. The number of allylic oxidation sites excluding steroid dienone is 3. The normalized spacial score (nSPS) is 22.6. The van der Waals surface area contributed by atoms with Crippen LogP contribution in [0.4, 0.5) is 0 Å². The van der Waals surface area contributed by atoms with Crippen LogP contribution in [0.1, 0.15) is 168 Å². The molecule has 0 aromatic carbocycles. The van der Waals surface area contributed by atoms with Crippen molar-refractivity contribution in [3.05, 3.63) is 24.3 Å². The van der Waals surface area contributed by atoms with E-state index in [1.807, 2.05) is 6.08 Å². The quantitative estimate of drug-likeness (QED) is 0.0320. The Labute approximate surface area is 298 Å². The van der Waals surface area contributed by atoms with Crippen LogP contribution in [0.15, 0.2) is 24.3 Å². The summed E-state index contributed by atoms with van der Waals surface area (Å²) in [5, 5.41) is 53.9. The molecule has 288 valence electrons. The molecule has 1 heterocycles. The Bertz CT molecular complexity index is 822. The third-order valence-electron chi connectivity index (χ3n) is 9.53. The lowest BCUT2D eigenvalue weighted by Crippen LogP contribution is -2.60. The molecular weight excluding hydrogens is 622 g/mol. The molecule has 9 heteroatoms. The highest BCUT2D eigenvalue weighted by atomic mass is 16.7. The van der Waals surface area contributed by atoms with E-state index in [0.717, 1.165) is 38.5 Å². The monoisotopic (exact) mass is 698 g/mol. The van der Waals surface area contributed by atoms with Crippen molar-refractivity contribution in [1.29, 1.82) is 0 Å². The van der Waals surface area contributed by atoms with Crippen LogP contribution in [0.2, 0.25) is 0 Å². The number of nitrogens with one attached hydrogen (secondary N) is 1. The maximum absolute atomic E-state index is 12.8. The molecule has 0 aliphatic carbocycles. The lowest BCUT2D eigenvalue weighted by molar-refractivity contribution is -0.302. The zero-order chi connectivity index (χ0) is 36.0. The van der Waals surface area contributed by atoms with Crippen molar-refractivity contribution < 1.29 is 39.8 Å². The second kappa shape index (κ2) is 31.4. The number of aliphatic hydroxyl groups excluding tert-OH is 5. The predicted octanol–water partition coefficient (Wildman–Crippen LogP) is 7.16. The molecule has 0 aromatic rings. The number of hydrogen-bond donors (Lipinski definition) is 6. The van der Waals surface area contributed by atoms with E-state index in [4.69, 9.17) is 9.47 Å². The minimum atomic E-state index is -1.57. The average molecular weight is 698 g/mol. The summed E-state index contributed by atoms with van der Waals surface area (Å²) in [5.41, 5.74) is 0. The standard InChI is InChI=1S/C40H75NO8/c1-3-5-7-9-11-13-15-16-17-18-20-21-23-25-27-29-34(43)33(32-48-40-39(47)38(46)37(45)35(31-42)49-40)41-36(44)30-28-26-24-22-19-14-12-10-8-6-4-2/h20-21,27,29,33-35,37-40,42-43,45-47H,3-19,22-26,28,30-32H2,1-2H3,(H,41,44)/b21-20+,29-27+. The largest absolute Gasteiger partial charge is 0.394 e. The van der Waals surface area contributed by atoms with Gasteiger partial charge in [0, 0.05) is 6.42 Å². The molecule has 49 heavy (non-hydrogen) atoms. The SMILES string of the molecule is CCCCCCCCCCC/C=C/CC/C=C/C(O)C(COC1OC(CO)C(O)C(O)C1O)NC(=O)CCCCCCCCCCCCC. The topological polar surface area (TPSA) is 149 Å². The fraction of sp³-hybridized carbons (Fsp3) is 0.875. The second-order valence-electron chi connectivity index (χ2n) is 14.1.